The Morgan fingerprint density at radius 1 is 1.10 bits per heavy atom. The summed E-state index contributed by atoms with van der Waals surface area (Å²) in [6.07, 6.45) is 5.51. The predicted molar refractivity (Wildman–Crippen MR) is 185 cm³/mol. The van der Waals surface area contributed by atoms with Gasteiger partial charge < -0.3 is 19.5 Å². The molecule has 0 saturated carbocycles. The van der Waals surface area contributed by atoms with Gasteiger partial charge in [-0.05, 0) is 77.8 Å². The van der Waals surface area contributed by atoms with Gasteiger partial charge in [-0.25, -0.2) is 4.79 Å². The average molecular weight is 688 g/mol. The lowest BCUT2D eigenvalue weighted by atomic mass is 9.87. The zero-order chi connectivity index (χ0) is 35.7. The molecule has 2 aliphatic rings. The number of carbonyl (C=O) groups is 2. The van der Waals surface area contributed by atoms with Crippen molar-refractivity contribution in [1.82, 2.24) is 15.2 Å². The Labute approximate surface area is 289 Å². The number of halogens is 3. The average Bonchev–Trinajstić information content (AvgIpc) is 3.37. The lowest BCUT2D eigenvalue weighted by Gasteiger charge is -2.27. The third kappa shape index (κ3) is 7.93. The van der Waals surface area contributed by atoms with Crippen LogP contribution in [0.3, 0.4) is 0 Å². The number of rotatable bonds is 15. The van der Waals surface area contributed by atoms with Gasteiger partial charge in [-0.3, -0.25) is 14.7 Å². The summed E-state index contributed by atoms with van der Waals surface area (Å²) in [5.74, 6) is -1.01. The van der Waals surface area contributed by atoms with E-state index in [4.69, 9.17) is 14.2 Å². The molecule has 8 nitrogen and oxygen atoms in total. The summed E-state index contributed by atoms with van der Waals surface area (Å²) in [5.41, 5.74) is 2.21. The largest absolute Gasteiger partial charge is 0.501 e. The van der Waals surface area contributed by atoms with Crippen molar-refractivity contribution in [2.24, 2.45) is 0 Å². The summed E-state index contributed by atoms with van der Waals surface area (Å²) in [6, 6.07) is 15.8. The first kappa shape index (κ1) is 36.0. The molecular formula is C39H40F3N3O5. The Balaban J connectivity index is 1.25. The molecule has 0 aliphatic carbocycles. The molecule has 3 heterocycles. The van der Waals surface area contributed by atoms with E-state index in [0.29, 0.717) is 60.7 Å². The van der Waals surface area contributed by atoms with Crippen LogP contribution in [0.2, 0.25) is 0 Å². The van der Waals surface area contributed by atoms with E-state index in [1.807, 2.05) is 37.3 Å². The molecule has 3 amide bonds. The molecule has 5 rings (SSSR count). The van der Waals surface area contributed by atoms with Gasteiger partial charge in [-0.2, -0.15) is 13.2 Å². The van der Waals surface area contributed by atoms with Crippen LogP contribution >= 0.6 is 0 Å². The second-order valence-corrected chi connectivity index (χ2v) is 11.9. The first-order valence-electron chi connectivity index (χ1n) is 16.5. The molecule has 0 bridgehead atoms. The zero-order valence-corrected chi connectivity index (χ0v) is 27.9. The molecule has 0 radical (unpaired) electrons. The second kappa shape index (κ2) is 15.9. The normalized spacial score (nSPS) is 18.2. The minimum Gasteiger partial charge on any atom is -0.501 e. The van der Waals surface area contributed by atoms with Crippen LogP contribution in [0.1, 0.15) is 60.1 Å². The Morgan fingerprint density at radius 3 is 2.56 bits per heavy atom. The predicted octanol–water partition coefficient (Wildman–Crippen LogP) is 8.01. The van der Waals surface area contributed by atoms with Crippen LogP contribution < -0.4 is 14.8 Å². The van der Waals surface area contributed by atoms with Gasteiger partial charge in [0.2, 0.25) is 0 Å². The van der Waals surface area contributed by atoms with Crippen molar-refractivity contribution in [2.75, 3.05) is 26.4 Å². The smallest absolute Gasteiger partial charge is 0.397 e. The number of hydrogen-bond acceptors (Lipinski definition) is 6. The standard InChI is InChI=1S/C39H40F3N3O5/c1-4-12-32(39(40,41)42)33-25-31(29(26-43-33)23-27-13-8-7-9-14-27)28(5-2)15-10-19-48-20-11-18-45-36(46)38(6-3,44-37(45)47)30-16-17-34-35(24-30)50-22-21-49-34/h4-5,7-10,13-17,19,24-26,32H,1-2,6,11-12,18,20-23H2,3H3,(H,44,47)/b19-10+,28-15+/t32-,38?/m0/s1. The number of imide groups is 1. The van der Waals surface area contributed by atoms with Gasteiger partial charge in [0, 0.05) is 12.7 Å². The monoisotopic (exact) mass is 687 g/mol. The minimum absolute atomic E-state index is 0.0984. The number of carbonyl (C=O) groups excluding carboxylic acids is 2. The second-order valence-electron chi connectivity index (χ2n) is 11.9. The fourth-order valence-electron chi connectivity index (χ4n) is 6.12. The highest BCUT2D eigenvalue weighted by Gasteiger charge is 2.51. The number of nitrogens with one attached hydrogen (secondary N) is 1. The van der Waals surface area contributed by atoms with Crippen LogP contribution in [0.4, 0.5) is 18.0 Å². The number of aromatic nitrogens is 1. The number of pyridine rings is 1. The van der Waals surface area contributed by atoms with Crippen molar-refractivity contribution >= 4 is 17.5 Å². The highest BCUT2D eigenvalue weighted by molar-refractivity contribution is 6.07. The van der Waals surface area contributed by atoms with Gasteiger partial charge in [0.15, 0.2) is 11.5 Å². The molecule has 2 atom stereocenters. The number of ether oxygens (including phenoxy) is 3. The van der Waals surface area contributed by atoms with Crippen molar-refractivity contribution in [3.05, 3.63) is 132 Å². The van der Waals surface area contributed by atoms with Gasteiger partial charge in [-0.15, -0.1) is 6.58 Å². The molecular weight excluding hydrogens is 647 g/mol. The molecule has 262 valence electrons. The van der Waals surface area contributed by atoms with Crippen molar-refractivity contribution in [3.8, 4) is 11.5 Å². The fraction of sp³-hybridized carbons (Fsp3) is 0.308. The van der Waals surface area contributed by atoms with Gasteiger partial charge in [0.25, 0.3) is 5.91 Å². The topological polar surface area (TPSA) is 90.0 Å². The third-order valence-electron chi connectivity index (χ3n) is 8.77. The molecule has 1 N–H and O–H groups in total. The lowest BCUT2D eigenvalue weighted by Crippen LogP contribution is -2.43. The fourth-order valence-corrected chi connectivity index (χ4v) is 6.12. The van der Waals surface area contributed by atoms with Crippen LogP contribution in [0, 0.1) is 0 Å². The van der Waals surface area contributed by atoms with E-state index in [9.17, 15) is 22.8 Å². The van der Waals surface area contributed by atoms with E-state index < -0.39 is 23.7 Å². The van der Waals surface area contributed by atoms with Gasteiger partial charge in [0.1, 0.15) is 24.7 Å². The number of benzene rings is 2. The highest BCUT2D eigenvalue weighted by Crippen LogP contribution is 2.40. The molecule has 1 saturated heterocycles. The van der Waals surface area contributed by atoms with Crippen molar-refractivity contribution in [1.29, 1.82) is 0 Å². The minimum atomic E-state index is -4.49. The molecule has 1 aromatic heterocycles. The van der Waals surface area contributed by atoms with Crippen LogP contribution in [-0.4, -0.2) is 54.4 Å². The van der Waals surface area contributed by atoms with Crippen LogP contribution in [0.25, 0.3) is 5.57 Å². The Kier molecular flexibility index (Phi) is 11.5. The van der Waals surface area contributed by atoms with E-state index in [-0.39, 0.29) is 31.2 Å². The number of hydrogen-bond donors (Lipinski definition) is 1. The van der Waals surface area contributed by atoms with Crippen molar-refractivity contribution in [3.63, 3.8) is 0 Å². The molecule has 0 spiro atoms. The number of nitrogens with zero attached hydrogens (tertiary/aromatic N) is 2. The number of urea groups is 1. The van der Waals surface area contributed by atoms with Crippen LogP contribution in [-0.2, 0) is 21.5 Å². The summed E-state index contributed by atoms with van der Waals surface area (Å²) in [7, 11) is 0. The maximum absolute atomic E-state index is 13.9. The molecule has 1 unspecified atom stereocenters. The maximum atomic E-state index is 13.9. The molecule has 2 aliphatic heterocycles. The Hall–Kier alpha value is -5.32. The highest BCUT2D eigenvalue weighted by atomic mass is 19.4. The summed E-state index contributed by atoms with van der Waals surface area (Å²) in [6.45, 7) is 10.4. The summed E-state index contributed by atoms with van der Waals surface area (Å²) >= 11 is 0. The van der Waals surface area contributed by atoms with Gasteiger partial charge in [-0.1, -0.05) is 68.1 Å². The van der Waals surface area contributed by atoms with E-state index in [1.165, 1.54) is 29.5 Å². The van der Waals surface area contributed by atoms with Crippen LogP contribution in [0.5, 0.6) is 11.5 Å². The number of amides is 3. The van der Waals surface area contributed by atoms with Gasteiger partial charge in [0.05, 0.1) is 18.6 Å². The molecule has 50 heavy (non-hydrogen) atoms. The number of alkyl halides is 3. The first-order valence-corrected chi connectivity index (χ1v) is 16.5. The summed E-state index contributed by atoms with van der Waals surface area (Å²) in [4.78, 5) is 31.9. The molecule has 1 fully saturated rings. The van der Waals surface area contributed by atoms with E-state index in [1.54, 1.807) is 36.4 Å². The van der Waals surface area contributed by atoms with E-state index in [2.05, 4.69) is 23.5 Å². The first-order chi connectivity index (χ1) is 24.1. The number of allylic oxidation sites excluding steroid dienone is 5. The lowest BCUT2D eigenvalue weighted by molar-refractivity contribution is -0.150. The quantitative estimate of drug-likeness (QED) is 0.0573. The molecule has 3 aromatic rings. The van der Waals surface area contributed by atoms with Crippen molar-refractivity contribution < 1.29 is 37.0 Å². The van der Waals surface area contributed by atoms with E-state index >= 15 is 0 Å². The summed E-state index contributed by atoms with van der Waals surface area (Å²) < 4.78 is 58.7. The summed E-state index contributed by atoms with van der Waals surface area (Å²) in [5, 5.41) is 2.88. The van der Waals surface area contributed by atoms with Crippen molar-refractivity contribution in [2.45, 2.75) is 50.2 Å². The Bertz CT molecular complexity index is 1770. The number of fused-ring (bicyclic) bond motifs is 1. The SMILES string of the molecule is C=CC[C@@H](c1cc(/C(C=C)=C/C=C/OCCCN2C(=O)NC(CC)(c3ccc4c(c3)OCCO4)C2=O)c(Cc2ccccc2)cn1)C(F)(F)F. The molecule has 11 heteroatoms. The van der Waals surface area contributed by atoms with Gasteiger partial charge >= 0.3 is 12.2 Å². The van der Waals surface area contributed by atoms with Crippen LogP contribution in [0.15, 0.2) is 105 Å². The van der Waals surface area contributed by atoms with E-state index in [0.717, 1.165) is 11.1 Å². The third-order valence-corrected chi connectivity index (χ3v) is 8.77. The zero-order valence-electron chi connectivity index (χ0n) is 27.9. The maximum Gasteiger partial charge on any atom is 0.397 e. The Morgan fingerprint density at radius 2 is 1.86 bits per heavy atom. The molecule has 2 aromatic carbocycles.